The number of piperidine rings is 2. The Morgan fingerprint density at radius 1 is 1.46 bits per heavy atom. The molecule has 4 N–H and O–H groups in total. The lowest BCUT2D eigenvalue weighted by molar-refractivity contribution is -0.754. The van der Waals surface area contributed by atoms with E-state index in [-0.39, 0.29) is 0 Å². The van der Waals surface area contributed by atoms with Crippen molar-refractivity contribution >= 4 is 0 Å². The maximum Gasteiger partial charge on any atom is 0.146 e. The van der Waals surface area contributed by atoms with Gasteiger partial charge in [0, 0.05) is 24.9 Å². The molecule has 2 aliphatic rings. The summed E-state index contributed by atoms with van der Waals surface area (Å²) in [7, 11) is 2.23. The summed E-state index contributed by atoms with van der Waals surface area (Å²) in [6.07, 6.45) is 4.51. The molecule has 0 bridgehead atoms. The molecular weight excluding hydrogens is 162 g/mol. The van der Waals surface area contributed by atoms with Crippen LogP contribution in [0, 0.1) is 5.92 Å². The number of likely N-dealkylation sites (tertiary alicyclic amines) is 1. The molecule has 0 spiro atoms. The smallest absolute Gasteiger partial charge is 0.146 e. The van der Waals surface area contributed by atoms with Crippen LogP contribution in [-0.2, 0) is 0 Å². The zero-order valence-electron chi connectivity index (χ0n) is 8.74. The van der Waals surface area contributed by atoms with Crippen LogP contribution < -0.4 is 11.1 Å². The van der Waals surface area contributed by atoms with E-state index in [1.807, 2.05) is 0 Å². The van der Waals surface area contributed by atoms with Gasteiger partial charge in [0.2, 0.25) is 0 Å². The van der Waals surface area contributed by atoms with E-state index in [2.05, 4.69) is 24.2 Å². The third-order valence-electron chi connectivity index (χ3n) is 3.72. The van der Waals surface area contributed by atoms with Gasteiger partial charge < -0.3 is 11.1 Å². The molecule has 2 rings (SSSR count). The van der Waals surface area contributed by atoms with Crippen molar-refractivity contribution in [1.29, 1.82) is 0 Å². The van der Waals surface area contributed by atoms with Crippen LogP contribution in [0.3, 0.4) is 0 Å². The maximum absolute atomic E-state index is 6.20. The van der Waals surface area contributed by atoms with Crippen molar-refractivity contribution in [2.75, 3.05) is 13.6 Å². The van der Waals surface area contributed by atoms with E-state index >= 15 is 0 Å². The minimum Gasteiger partial charge on any atom is -0.329 e. The number of hydrogen-bond donors (Lipinski definition) is 2. The largest absolute Gasteiger partial charge is 0.329 e. The molecule has 2 fully saturated rings. The fourth-order valence-corrected chi connectivity index (χ4v) is 3.00. The standard InChI is InChI=1S/C10H21N3/c1-7-6-9(11)8-4-3-5-13(2)10(8)12-7/h7-10,12H,3-6,11H2,1-2H3/p+1. The number of nitrogens with zero attached hydrogens (tertiary/aromatic N) is 1. The monoisotopic (exact) mass is 184 g/mol. The molecular formula is C10H22N3+. The van der Waals surface area contributed by atoms with Crippen molar-refractivity contribution < 1.29 is 5.32 Å². The number of nitrogens with two attached hydrogens (primary N) is 2. The zero-order chi connectivity index (χ0) is 9.42. The molecule has 13 heavy (non-hydrogen) atoms. The highest BCUT2D eigenvalue weighted by atomic mass is 15.3. The third-order valence-corrected chi connectivity index (χ3v) is 3.72. The van der Waals surface area contributed by atoms with Gasteiger partial charge in [0.05, 0.1) is 6.04 Å². The molecule has 0 saturated carbocycles. The van der Waals surface area contributed by atoms with Gasteiger partial charge in [0.1, 0.15) is 6.17 Å². The molecule has 0 aliphatic carbocycles. The molecule has 0 aromatic heterocycles. The van der Waals surface area contributed by atoms with Crippen LogP contribution in [0.4, 0.5) is 0 Å². The molecule has 2 heterocycles. The molecule has 4 unspecified atom stereocenters. The number of quaternary nitrogens is 1. The average Bonchev–Trinajstić information content (AvgIpc) is 2.07. The summed E-state index contributed by atoms with van der Waals surface area (Å²) in [5.41, 5.74) is 6.20. The fourth-order valence-electron chi connectivity index (χ4n) is 3.00. The molecule has 0 aromatic carbocycles. The van der Waals surface area contributed by atoms with Gasteiger partial charge >= 0.3 is 0 Å². The van der Waals surface area contributed by atoms with Gasteiger partial charge in [-0.3, -0.25) is 4.90 Å². The summed E-state index contributed by atoms with van der Waals surface area (Å²) >= 11 is 0. The minimum absolute atomic E-state index is 0.438. The number of hydrogen-bond acceptors (Lipinski definition) is 2. The summed E-state index contributed by atoms with van der Waals surface area (Å²) < 4.78 is 0. The van der Waals surface area contributed by atoms with Crippen LogP contribution in [0.15, 0.2) is 0 Å². The Bertz CT molecular complexity index is 183. The van der Waals surface area contributed by atoms with Crippen LogP contribution in [0.5, 0.6) is 0 Å². The van der Waals surface area contributed by atoms with Crippen molar-refractivity contribution in [3.8, 4) is 0 Å². The van der Waals surface area contributed by atoms with Crippen LogP contribution >= 0.6 is 0 Å². The van der Waals surface area contributed by atoms with E-state index in [9.17, 15) is 0 Å². The van der Waals surface area contributed by atoms with Crippen molar-refractivity contribution in [3.63, 3.8) is 0 Å². The van der Waals surface area contributed by atoms with Gasteiger partial charge in [0.25, 0.3) is 0 Å². The normalized spacial score (nSPS) is 47.3. The van der Waals surface area contributed by atoms with Crippen molar-refractivity contribution in [3.05, 3.63) is 0 Å². The first-order chi connectivity index (χ1) is 6.18. The van der Waals surface area contributed by atoms with E-state index in [0.29, 0.717) is 18.2 Å². The second-order valence-corrected chi connectivity index (χ2v) is 4.85. The first kappa shape index (κ1) is 9.44. The Morgan fingerprint density at radius 2 is 2.23 bits per heavy atom. The van der Waals surface area contributed by atoms with Crippen molar-refractivity contribution in [2.24, 2.45) is 11.7 Å². The first-order valence-electron chi connectivity index (χ1n) is 5.49. The second kappa shape index (κ2) is 3.56. The van der Waals surface area contributed by atoms with E-state index in [1.54, 1.807) is 0 Å². The van der Waals surface area contributed by atoms with Crippen LogP contribution in [-0.4, -0.2) is 36.7 Å². The average molecular weight is 184 g/mol. The van der Waals surface area contributed by atoms with Crippen LogP contribution in [0.1, 0.15) is 26.2 Å². The highest BCUT2D eigenvalue weighted by Gasteiger charge is 2.41. The van der Waals surface area contributed by atoms with Crippen molar-refractivity contribution in [2.45, 2.75) is 44.4 Å². The first-order valence-corrected chi connectivity index (χ1v) is 5.49. The molecule has 4 atom stereocenters. The third kappa shape index (κ3) is 1.73. The van der Waals surface area contributed by atoms with Crippen LogP contribution in [0.2, 0.25) is 0 Å². The number of fused-ring (bicyclic) bond motifs is 1. The van der Waals surface area contributed by atoms with E-state index in [1.165, 1.54) is 25.8 Å². The molecule has 3 heteroatoms. The van der Waals surface area contributed by atoms with Gasteiger partial charge in [-0.05, 0) is 26.8 Å². The lowest BCUT2D eigenvalue weighted by atomic mass is 9.81. The lowest BCUT2D eigenvalue weighted by Crippen LogP contribution is -3.02. The van der Waals surface area contributed by atoms with E-state index < -0.39 is 0 Å². The topological polar surface area (TPSA) is 45.9 Å². The highest BCUT2D eigenvalue weighted by molar-refractivity contribution is 4.86. The van der Waals surface area contributed by atoms with Gasteiger partial charge in [-0.25, -0.2) is 0 Å². The molecule has 2 saturated heterocycles. The molecule has 0 amide bonds. The number of rotatable bonds is 0. The summed E-state index contributed by atoms with van der Waals surface area (Å²) in [4.78, 5) is 2.48. The quantitative estimate of drug-likeness (QED) is 0.525. The molecule has 76 valence electrons. The Hall–Kier alpha value is -0.120. The molecule has 0 radical (unpaired) electrons. The summed E-state index contributed by atoms with van der Waals surface area (Å²) in [5.74, 6) is 0.731. The van der Waals surface area contributed by atoms with Gasteiger partial charge in [-0.1, -0.05) is 0 Å². The summed E-state index contributed by atoms with van der Waals surface area (Å²) in [6, 6.07) is 1.14. The summed E-state index contributed by atoms with van der Waals surface area (Å²) in [6.45, 7) is 3.54. The van der Waals surface area contributed by atoms with Crippen LogP contribution in [0.25, 0.3) is 0 Å². The van der Waals surface area contributed by atoms with E-state index in [4.69, 9.17) is 5.73 Å². The van der Waals surface area contributed by atoms with E-state index in [0.717, 1.165) is 5.92 Å². The predicted molar refractivity (Wildman–Crippen MR) is 53.1 cm³/mol. The Morgan fingerprint density at radius 3 is 3.00 bits per heavy atom. The SMILES string of the molecule is CC1CC(N)C2CCCN(C)C2[NH2+]1. The van der Waals surface area contributed by atoms with Crippen molar-refractivity contribution in [1.82, 2.24) is 4.90 Å². The molecule has 2 aliphatic heterocycles. The maximum atomic E-state index is 6.20. The van der Waals surface area contributed by atoms with Gasteiger partial charge in [-0.2, -0.15) is 0 Å². The van der Waals surface area contributed by atoms with Gasteiger partial charge in [-0.15, -0.1) is 0 Å². The Kier molecular flexibility index (Phi) is 2.58. The highest BCUT2D eigenvalue weighted by Crippen LogP contribution is 2.25. The minimum atomic E-state index is 0.438. The Labute approximate surface area is 80.7 Å². The summed E-state index contributed by atoms with van der Waals surface area (Å²) in [5, 5.41) is 2.51. The zero-order valence-corrected chi connectivity index (χ0v) is 8.74. The van der Waals surface area contributed by atoms with Gasteiger partial charge in [0.15, 0.2) is 0 Å². The second-order valence-electron chi connectivity index (χ2n) is 4.85. The molecule has 0 aromatic rings. The molecule has 3 nitrogen and oxygen atoms in total. The predicted octanol–water partition coefficient (Wildman–Crippen LogP) is -0.663. The fraction of sp³-hybridized carbons (Fsp3) is 1.00. The Balaban J connectivity index is 2.08. The lowest BCUT2D eigenvalue weighted by Gasteiger charge is -2.44.